The van der Waals surface area contributed by atoms with Crippen LogP contribution in [0.5, 0.6) is 0 Å². The Kier molecular flexibility index (Phi) is 5.20. The molecule has 134 valence electrons. The van der Waals surface area contributed by atoms with Crippen LogP contribution in [0.4, 0.5) is 5.69 Å². The molecule has 0 radical (unpaired) electrons. The first-order valence-corrected chi connectivity index (χ1v) is 8.94. The van der Waals surface area contributed by atoms with Crippen LogP contribution in [-0.4, -0.2) is 60.2 Å². The number of benzene rings is 1. The van der Waals surface area contributed by atoms with Gasteiger partial charge in [0, 0.05) is 44.2 Å². The molecule has 0 bridgehead atoms. The third kappa shape index (κ3) is 3.75. The summed E-state index contributed by atoms with van der Waals surface area (Å²) in [5, 5.41) is 1.01. The Labute approximate surface area is 156 Å². The molecule has 0 spiro atoms. The van der Waals surface area contributed by atoms with Crippen molar-refractivity contribution in [2.45, 2.75) is 13.3 Å². The standard InChI is InChI=1S/C17H19Cl2N3O3/c1-11-8-15(23)22(17(11)25)10-16(24)21-6-4-20(5-7-21)12-2-3-13(18)14(19)9-12/h2-3,9,11H,4-8,10H2,1H3. The summed E-state index contributed by atoms with van der Waals surface area (Å²) in [6, 6.07) is 5.46. The largest absolute Gasteiger partial charge is 0.368 e. The summed E-state index contributed by atoms with van der Waals surface area (Å²) >= 11 is 12.0. The molecule has 25 heavy (non-hydrogen) atoms. The lowest BCUT2D eigenvalue weighted by Crippen LogP contribution is -2.52. The number of halogens is 2. The highest BCUT2D eigenvalue weighted by Crippen LogP contribution is 2.28. The topological polar surface area (TPSA) is 60.9 Å². The molecular formula is C17H19Cl2N3O3. The number of hydrogen-bond acceptors (Lipinski definition) is 4. The van der Waals surface area contributed by atoms with E-state index < -0.39 is 0 Å². The van der Waals surface area contributed by atoms with Crippen LogP contribution in [0.25, 0.3) is 0 Å². The second-order valence-electron chi connectivity index (χ2n) is 6.39. The van der Waals surface area contributed by atoms with Crippen molar-refractivity contribution in [1.29, 1.82) is 0 Å². The highest BCUT2D eigenvalue weighted by Gasteiger charge is 2.37. The summed E-state index contributed by atoms with van der Waals surface area (Å²) in [7, 11) is 0. The molecule has 0 aromatic heterocycles. The molecule has 3 rings (SSSR count). The van der Waals surface area contributed by atoms with E-state index in [1.54, 1.807) is 17.9 Å². The van der Waals surface area contributed by atoms with Gasteiger partial charge in [-0.1, -0.05) is 30.1 Å². The summed E-state index contributed by atoms with van der Waals surface area (Å²) in [6.07, 6.45) is 0.192. The molecule has 0 aliphatic carbocycles. The maximum absolute atomic E-state index is 12.4. The molecule has 8 heteroatoms. The molecule has 2 aliphatic heterocycles. The van der Waals surface area contributed by atoms with E-state index >= 15 is 0 Å². The molecule has 2 heterocycles. The first-order valence-electron chi connectivity index (χ1n) is 8.19. The number of imide groups is 1. The van der Waals surface area contributed by atoms with Crippen LogP contribution in [0.1, 0.15) is 13.3 Å². The van der Waals surface area contributed by atoms with Gasteiger partial charge in [0.1, 0.15) is 6.54 Å². The van der Waals surface area contributed by atoms with Crippen LogP contribution >= 0.6 is 23.2 Å². The summed E-state index contributed by atoms with van der Waals surface area (Å²) in [4.78, 5) is 41.1. The predicted molar refractivity (Wildman–Crippen MR) is 95.8 cm³/mol. The van der Waals surface area contributed by atoms with Crippen molar-refractivity contribution in [2.24, 2.45) is 5.92 Å². The Morgan fingerprint density at radius 2 is 1.80 bits per heavy atom. The second kappa shape index (κ2) is 7.22. The lowest BCUT2D eigenvalue weighted by molar-refractivity contribution is -0.146. The van der Waals surface area contributed by atoms with Crippen LogP contribution in [0.3, 0.4) is 0 Å². The second-order valence-corrected chi connectivity index (χ2v) is 7.20. The van der Waals surface area contributed by atoms with E-state index in [-0.39, 0.29) is 36.6 Å². The van der Waals surface area contributed by atoms with Crippen LogP contribution < -0.4 is 4.90 Å². The highest BCUT2D eigenvalue weighted by atomic mass is 35.5. The van der Waals surface area contributed by atoms with Gasteiger partial charge in [-0.15, -0.1) is 0 Å². The van der Waals surface area contributed by atoms with Crippen molar-refractivity contribution in [2.75, 3.05) is 37.6 Å². The Bertz CT molecular complexity index is 717. The normalized spacial score (nSPS) is 21.2. The number of amides is 3. The number of hydrogen-bond donors (Lipinski definition) is 0. The lowest BCUT2D eigenvalue weighted by Gasteiger charge is -2.36. The highest BCUT2D eigenvalue weighted by molar-refractivity contribution is 6.42. The average Bonchev–Trinajstić information content (AvgIpc) is 2.83. The molecule has 0 N–H and O–H groups in total. The van der Waals surface area contributed by atoms with E-state index in [2.05, 4.69) is 4.90 Å². The summed E-state index contributed by atoms with van der Waals surface area (Å²) in [5.41, 5.74) is 0.959. The predicted octanol–water partition coefficient (Wildman–Crippen LogP) is 2.04. The minimum Gasteiger partial charge on any atom is -0.368 e. The van der Waals surface area contributed by atoms with Crippen molar-refractivity contribution in [1.82, 2.24) is 9.80 Å². The van der Waals surface area contributed by atoms with Gasteiger partial charge >= 0.3 is 0 Å². The van der Waals surface area contributed by atoms with E-state index in [0.29, 0.717) is 36.2 Å². The lowest BCUT2D eigenvalue weighted by atomic mass is 10.1. The third-order valence-electron chi connectivity index (χ3n) is 4.66. The number of rotatable bonds is 3. The van der Waals surface area contributed by atoms with Gasteiger partial charge in [-0.25, -0.2) is 0 Å². The molecule has 1 atom stereocenters. The maximum atomic E-state index is 12.4. The van der Waals surface area contributed by atoms with Gasteiger partial charge in [0.05, 0.1) is 10.0 Å². The smallest absolute Gasteiger partial charge is 0.242 e. The molecule has 1 unspecified atom stereocenters. The Balaban J connectivity index is 1.56. The minimum absolute atomic E-state index is 0.158. The van der Waals surface area contributed by atoms with Crippen LogP contribution in [0.2, 0.25) is 10.0 Å². The zero-order chi connectivity index (χ0) is 18.1. The fourth-order valence-corrected chi connectivity index (χ4v) is 3.44. The number of carbonyl (C=O) groups is 3. The SMILES string of the molecule is CC1CC(=O)N(CC(=O)N2CCN(c3ccc(Cl)c(Cl)c3)CC2)C1=O. The van der Waals surface area contributed by atoms with Crippen LogP contribution in [-0.2, 0) is 14.4 Å². The number of piperazine rings is 1. The van der Waals surface area contributed by atoms with Crippen molar-refractivity contribution in [3.63, 3.8) is 0 Å². The van der Waals surface area contributed by atoms with Crippen LogP contribution in [0.15, 0.2) is 18.2 Å². The Morgan fingerprint density at radius 3 is 2.36 bits per heavy atom. The van der Waals surface area contributed by atoms with Crippen molar-refractivity contribution < 1.29 is 14.4 Å². The molecule has 2 fully saturated rings. The number of anilines is 1. The molecule has 6 nitrogen and oxygen atoms in total. The average molecular weight is 384 g/mol. The molecule has 1 aromatic carbocycles. The molecular weight excluding hydrogens is 365 g/mol. The third-order valence-corrected chi connectivity index (χ3v) is 5.40. The fraction of sp³-hybridized carbons (Fsp3) is 0.471. The minimum atomic E-state index is -0.327. The van der Waals surface area contributed by atoms with Gasteiger partial charge in [0.15, 0.2) is 0 Å². The van der Waals surface area contributed by atoms with E-state index in [1.807, 2.05) is 12.1 Å². The van der Waals surface area contributed by atoms with Gasteiger partial charge in [0.2, 0.25) is 17.7 Å². The molecule has 2 aliphatic rings. The number of likely N-dealkylation sites (tertiary alicyclic amines) is 1. The summed E-state index contributed by atoms with van der Waals surface area (Å²) in [6.45, 7) is 3.93. The van der Waals surface area contributed by atoms with Gasteiger partial charge in [-0.3, -0.25) is 19.3 Å². The monoisotopic (exact) mass is 383 g/mol. The van der Waals surface area contributed by atoms with Crippen molar-refractivity contribution in [3.05, 3.63) is 28.2 Å². The van der Waals surface area contributed by atoms with E-state index in [1.165, 1.54) is 0 Å². The summed E-state index contributed by atoms with van der Waals surface area (Å²) < 4.78 is 0. The van der Waals surface area contributed by atoms with Crippen LogP contribution in [0, 0.1) is 5.92 Å². The van der Waals surface area contributed by atoms with Gasteiger partial charge < -0.3 is 9.80 Å². The van der Waals surface area contributed by atoms with E-state index in [4.69, 9.17) is 23.2 Å². The first kappa shape index (κ1) is 18.0. The Hall–Kier alpha value is -1.79. The quantitative estimate of drug-likeness (QED) is 0.749. The zero-order valence-electron chi connectivity index (χ0n) is 13.9. The number of carbonyl (C=O) groups excluding carboxylic acids is 3. The Morgan fingerprint density at radius 1 is 1.12 bits per heavy atom. The molecule has 2 saturated heterocycles. The van der Waals surface area contributed by atoms with Gasteiger partial charge in [-0.2, -0.15) is 0 Å². The summed E-state index contributed by atoms with van der Waals surface area (Å²) in [5.74, 6) is -1.04. The first-order chi connectivity index (χ1) is 11.9. The van der Waals surface area contributed by atoms with E-state index in [0.717, 1.165) is 10.6 Å². The van der Waals surface area contributed by atoms with Gasteiger partial charge in [0.25, 0.3) is 0 Å². The number of nitrogens with zero attached hydrogens (tertiary/aromatic N) is 3. The van der Waals surface area contributed by atoms with Crippen molar-refractivity contribution in [3.8, 4) is 0 Å². The van der Waals surface area contributed by atoms with Crippen molar-refractivity contribution >= 4 is 46.6 Å². The van der Waals surface area contributed by atoms with E-state index in [9.17, 15) is 14.4 Å². The van der Waals surface area contributed by atoms with Gasteiger partial charge in [-0.05, 0) is 18.2 Å². The maximum Gasteiger partial charge on any atom is 0.242 e. The molecule has 1 aromatic rings. The zero-order valence-corrected chi connectivity index (χ0v) is 15.4. The molecule has 0 saturated carbocycles. The fourth-order valence-electron chi connectivity index (χ4n) is 3.15. The molecule has 3 amide bonds.